The van der Waals surface area contributed by atoms with Gasteiger partial charge in [-0.15, -0.1) is 0 Å². The van der Waals surface area contributed by atoms with Crippen molar-refractivity contribution in [3.05, 3.63) is 70.2 Å². The summed E-state index contributed by atoms with van der Waals surface area (Å²) in [5.41, 5.74) is 2.96. The van der Waals surface area contributed by atoms with Gasteiger partial charge in [-0.1, -0.05) is 6.92 Å². The van der Waals surface area contributed by atoms with E-state index in [1.165, 1.54) is 33.7 Å². The Balaban J connectivity index is 1.42. The highest BCUT2D eigenvalue weighted by Crippen LogP contribution is 2.49. The molecule has 2 aromatic carbocycles. The Morgan fingerprint density at radius 3 is 2.70 bits per heavy atom. The molecule has 0 amide bonds. The predicted octanol–water partition coefficient (Wildman–Crippen LogP) is 6.13. The first-order chi connectivity index (χ1) is 18.9. The second-order valence-corrected chi connectivity index (χ2v) is 11.4. The molecule has 1 fully saturated rings. The molecule has 1 aliphatic carbocycles. The van der Waals surface area contributed by atoms with Gasteiger partial charge in [0, 0.05) is 42.6 Å². The number of aromatic nitrogens is 2. The molecule has 1 aromatic heterocycles. The molecule has 7 nitrogen and oxygen atoms in total. The topological polar surface area (TPSA) is 81.6 Å². The molecule has 40 heavy (non-hydrogen) atoms. The molecule has 11 heteroatoms. The van der Waals surface area contributed by atoms with Crippen molar-refractivity contribution in [3.63, 3.8) is 0 Å². The lowest BCUT2D eigenvalue weighted by molar-refractivity contribution is -0.139. The zero-order valence-electron chi connectivity index (χ0n) is 22.1. The summed E-state index contributed by atoms with van der Waals surface area (Å²) in [4.78, 5) is 23.6. The van der Waals surface area contributed by atoms with Crippen LogP contribution in [0, 0.1) is 5.82 Å². The molecule has 2 N–H and O–H groups in total. The fourth-order valence-electron chi connectivity index (χ4n) is 6.09. The van der Waals surface area contributed by atoms with Gasteiger partial charge in [-0.05, 0) is 84.8 Å². The molecule has 3 aliphatic rings. The van der Waals surface area contributed by atoms with Crippen molar-refractivity contribution < 1.29 is 27.5 Å². The van der Waals surface area contributed by atoms with Crippen molar-refractivity contribution in [2.24, 2.45) is 0 Å². The quantitative estimate of drug-likeness (QED) is 0.354. The summed E-state index contributed by atoms with van der Waals surface area (Å²) in [6, 6.07) is 7.77. The lowest BCUT2D eigenvalue weighted by atomic mass is 9.81. The van der Waals surface area contributed by atoms with E-state index in [2.05, 4.69) is 33.3 Å². The Morgan fingerprint density at radius 2 is 2.00 bits per heavy atom. The van der Waals surface area contributed by atoms with Gasteiger partial charge >= 0.3 is 12.1 Å². The van der Waals surface area contributed by atoms with Crippen LogP contribution in [0.25, 0.3) is 0 Å². The SMILES string of the molecule is CN1CCc2c(cc(Nc3ncc(C(F)(F)F)c(N4CC(C)(CC(=O)O)c5cc(F)ccc54)n3)cc2C2CC2)C1. The first kappa shape index (κ1) is 26.5. The highest BCUT2D eigenvalue weighted by Gasteiger charge is 2.45. The van der Waals surface area contributed by atoms with Crippen molar-refractivity contribution >= 4 is 29.1 Å². The van der Waals surface area contributed by atoms with Crippen LogP contribution < -0.4 is 10.2 Å². The minimum atomic E-state index is -4.77. The Bertz CT molecular complexity index is 1510. The van der Waals surface area contributed by atoms with Gasteiger partial charge < -0.3 is 20.2 Å². The Morgan fingerprint density at radius 1 is 1.23 bits per heavy atom. The van der Waals surface area contributed by atoms with E-state index in [1.807, 2.05) is 6.07 Å². The summed E-state index contributed by atoms with van der Waals surface area (Å²) in [7, 11) is 2.06. The molecule has 2 aliphatic heterocycles. The monoisotopic (exact) mass is 555 g/mol. The largest absolute Gasteiger partial charge is 0.481 e. The van der Waals surface area contributed by atoms with Gasteiger partial charge in [0.15, 0.2) is 5.82 Å². The smallest absolute Gasteiger partial charge is 0.421 e. The molecule has 0 radical (unpaired) electrons. The summed E-state index contributed by atoms with van der Waals surface area (Å²) in [5, 5.41) is 12.6. The average molecular weight is 556 g/mol. The van der Waals surface area contributed by atoms with Gasteiger partial charge in [0.05, 0.1) is 6.42 Å². The molecule has 0 bridgehead atoms. The van der Waals surface area contributed by atoms with Gasteiger partial charge in [0.25, 0.3) is 0 Å². The van der Waals surface area contributed by atoms with E-state index in [0.29, 0.717) is 17.2 Å². The third-order valence-electron chi connectivity index (χ3n) is 8.11. The third-order valence-corrected chi connectivity index (χ3v) is 8.11. The van der Waals surface area contributed by atoms with Crippen molar-refractivity contribution in [2.45, 2.75) is 56.7 Å². The number of alkyl halides is 3. The van der Waals surface area contributed by atoms with Crippen molar-refractivity contribution in [1.82, 2.24) is 14.9 Å². The molecule has 1 atom stereocenters. The molecule has 0 saturated heterocycles. The molecule has 6 rings (SSSR count). The summed E-state index contributed by atoms with van der Waals surface area (Å²) in [5.74, 6) is -1.65. The maximum absolute atomic E-state index is 14.2. The number of halogens is 4. The number of benzene rings is 2. The molecule has 210 valence electrons. The number of anilines is 4. The first-order valence-corrected chi connectivity index (χ1v) is 13.3. The summed E-state index contributed by atoms with van der Waals surface area (Å²) in [6.07, 6.45) is -1.20. The number of nitrogens with zero attached hydrogens (tertiary/aromatic N) is 4. The fourth-order valence-corrected chi connectivity index (χ4v) is 6.09. The van der Waals surface area contributed by atoms with Crippen molar-refractivity contribution in [3.8, 4) is 0 Å². The fraction of sp³-hybridized carbons (Fsp3) is 0.414. The number of aliphatic carboxylic acids is 1. The molecular formula is C29H29F4N5O2. The Hall–Kier alpha value is -3.73. The standard InChI is InChI=1S/C29H29F4N5O2/c1-28(12-25(39)40)15-38(24-6-5-18(30)10-22(24)28)26-23(29(31,32)33)13-34-27(36-26)35-19-9-17-14-37(2)8-7-20(17)21(11-19)16-3-4-16/h5-6,9-11,13,16H,3-4,7-8,12,14-15H2,1-2H3,(H,39,40)(H,34,35,36). The average Bonchev–Trinajstić information content (AvgIpc) is 3.67. The molecule has 3 aromatic rings. The van der Waals surface area contributed by atoms with Crippen LogP contribution in [-0.2, 0) is 29.4 Å². The number of rotatable bonds is 6. The number of hydrogen-bond acceptors (Lipinski definition) is 6. The maximum Gasteiger partial charge on any atom is 0.421 e. The van der Waals surface area contributed by atoms with Crippen molar-refractivity contribution in [2.75, 3.05) is 30.4 Å². The number of carbonyl (C=O) groups is 1. The molecular weight excluding hydrogens is 526 g/mol. The van der Waals surface area contributed by atoms with Gasteiger partial charge in [0.2, 0.25) is 5.95 Å². The lowest BCUT2D eigenvalue weighted by Crippen LogP contribution is -2.32. The molecule has 1 unspecified atom stereocenters. The minimum absolute atomic E-state index is 0.00985. The Kier molecular flexibility index (Phi) is 6.25. The predicted molar refractivity (Wildman–Crippen MR) is 142 cm³/mol. The van der Waals surface area contributed by atoms with Crippen LogP contribution in [0.1, 0.15) is 59.9 Å². The normalized spacial score (nSPS) is 20.8. The molecule has 1 saturated carbocycles. The van der Waals surface area contributed by atoms with Crippen LogP contribution in [0.4, 0.5) is 40.7 Å². The second-order valence-electron chi connectivity index (χ2n) is 11.4. The van der Waals surface area contributed by atoms with Crippen LogP contribution in [0.2, 0.25) is 0 Å². The number of nitrogens with one attached hydrogen (secondary N) is 1. The lowest BCUT2D eigenvalue weighted by Gasteiger charge is -2.28. The van der Waals surface area contributed by atoms with E-state index in [4.69, 9.17) is 0 Å². The minimum Gasteiger partial charge on any atom is -0.481 e. The highest BCUT2D eigenvalue weighted by molar-refractivity contribution is 5.77. The maximum atomic E-state index is 14.2. The van der Waals surface area contributed by atoms with E-state index < -0.39 is 34.8 Å². The van der Waals surface area contributed by atoms with Gasteiger partial charge in [-0.3, -0.25) is 4.79 Å². The van der Waals surface area contributed by atoms with Crippen LogP contribution in [0.3, 0.4) is 0 Å². The molecule has 3 heterocycles. The number of fused-ring (bicyclic) bond motifs is 2. The number of likely N-dealkylation sites (N-methyl/N-ethyl adjacent to an activating group) is 1. The number of carboxylic acids is 1. The summed E-state index contributed by atoms with van der Waals surface area (Å²) >= 11 is 0. The van der Waals surface area contributed by atoms with Crippen LogP contribution >= 0.6 is 0 Å². The number of carboxylic acid groups (broad SMARTS) is 1. The molecule has 0 spiro atoms. The summed E-state index contributed by atoms with van der Waals surface area (Å²) < 4.78 is 56.8. The van der Waals surface area contributed by atoms with Gasteiger partial charge in [-0.2, -0.15) is 18.2 Å². The van der Waals surface area contributed by atoms with Crippen LogP contribution in [-0.4, -0.2) is 46.1 Å². The van der Waals surface area contributed by atoms with Gasteiger partial charge in [-0.25, -0.2) is 9.37 Å². The van der Waals surface area contributed by atoms with E-state index in [-0.39, 0.29) is 24.6 Å². The van der Waals surface area contributed by atoms with Crippen LogP contribution in [0.15, 0.2) is 36.5 Å². The van der Waals surface area contributed by atoms with Crippen LogP contribution in [0.5, 0.6) is 0 Å². The van der Waals surface area contributed by atoms with Gasteiger partial charge in [0.1, 0.15) is 11.4 Å². The third kappa shape index (κ3) is 4.87. The van der Waals surface area contributed by atoms with Crippen molar-refractivity contribution in [1.29, 1.82) is 0 Å². The zero-order valence-corrected chi connectivity index (χ0v) is 22.1. The zero-order chi connectivity index (χ0) is 28.4. The first-order valence-electron chi connectivity index (χ1n) is 13.3. The highest BCUT2D eigenvalue weighted by atomic mass is 19.4. The second kappa shape index (κ2) is 9.43. The Labute approximate surface area is 228 Å². The van der Waals surface area contributed by atoms with E-state index in [1.54, 1.807) is 6.92 Å². The van der Waals surface area contributed by atoms with E-state index in [0.717, 1.165) is 44.6 Å². The van der Waals surface area contributed by atoms with E-state index >= 15 is 0 Å². The number of hydrogen-bond donors (Lipinski definition) is 2. The van der Waals surface area contributed by atoms with E-state index in [9.17, 15) is 27.5 Å². The summed E-state index contributed by atoms with van der Waals surface area (Å²) in [6.45, 7) is 3.25.